The largest absolute Gasteiger partial charge is 0.344 e. The van der Waals surface area contributed by atoms with E-state index in [0.29, 0.717) is 29.5 Å². The number of amides is 3. The summed E-state index contributed by atoms with van der Waals surface area (Å²) in [6.07, 6.45) is 3.58. The number of benzene rings is 3. The van der Waals surface area contributed by atoms with Crippen LogP contribution in [0.1, 0.15) is 47.2 Å². The van der Waals surface area contributed by atoms with Crippen LogP contribution in [0.3, 0.4) is 0 Å². The van der Waals surface area contributed by atoms with Gasteiger partial charge in [-0.3, -0.25) is 14.4 Å². The molecule has 1 aliphatic heterocycles. The third kappa shape index (κ3) is 8.43. The molecule has 3 amide bonds. The Morgan fingerprint density at radius 3 is 2.24 bits per heavy atom. The highest BCUT2D eigenvalue weighted by molar-refractivity contribution is 7.91. The third-order valence-electron chi connectivity index (χ3n) is 9.75. The molecule has 1 saturated carbocycles. The van der Waals surface area contributed by atoms with Crippen LogP contribution in [0.25, 0.3) is 22.5 Å². The van der Waals surface area contributed by atoms with Crippen molar-refractivity contribution in [3.05, 3.63) is 83.4 Å². The van der Waals surface area contributed by atoms with E-state index in [1.54, 1.807) is 35.2 Å². The molecule has 1 aromatic heterocycles. The van der Waals surface area contributed by atoms with Gasteiger partial charge in [0.05, 0.1) is 11.5 Å². The van der Waals surface area contributed by atoms with Crippen molar-refractivity contribution in [1.82, 2.24) is 30.8 Å². The Bertz CT molecular complexity index is 1910. The predicted octanol–water partition coefficient (Wildman–Crippen LogP) is 3.14. The van der Waals surface area contributed by atoms with E-state index >= 15 is 0 Å². The van der Waals surface area contributed by atoms with Gasteiger partial charge < -0.3 is 21.3 Å². The van der Waals surface area contributed by atoms with Crippen LogP contribution in [0, 0.1) is 18.8 Å². The van der Waals surface area contributed by atoms with E-state index in [1.807, 2.05) is 43.3 Å². The van der Waals surface area contributed by atoms with Gasteiger partial charge in [0.15, 0.2) is 9.84 Å². The molecule has 1 saturated heterocycles. The zero-order chi connectivity index (χ0) is 35.3. The minimum atomic E-state index is -3.08. The number of hydrogen-bond acceptors (Lipinski definition) is 9. The lowest BCUT2D eigenvalue weighted by Crippen LogP contribution is -2.48. The van der Waals surface area contributed by atoms with Gasteiger partial charge >= 0.3 is 0 Å². The highest BCUT2D eigenvalue weighted by Crippen LogP contribution is 2.29. The Morgan fingerprint density at radius 2 is 1.62 bits per heavy atom. The van der Waals surface area contributed by atoms with Crippen LogP contribution in [0.4, 0.5) is 5.69 Å². The van der Waals surface area contributed by atoms with Gasteiger partial charge in [0.2, 0.25) is 17.6 Å². The molecule has 0 radical (unpaired) electrons. The second kappa shape index (κ2) is 15.3. The monoisotopic (exact) mass is 698 g/mol. The quantitative estimate of drug-likeness (QED) is 0.193. The number of carbonyl (C=O) groups excluding carboxylic acids is 3. The molecule has 50 heavy (non-hydrogen) atoms. The van der Waals surface area contributed by atoms with Gasteiger partial charge in [-0.05, 0) is 109 Å². The van der Waals surface area contributed by atoms with Crippen LogP contribution < -0.4 is 16.4 Å². The predicted molar refractivity (Wildman–Crippen MR) is 190 cm³/mol. The van der Waals surface area contributed by atoms with Gasteiger partial charge in [0, 0.05) is 42.2 Å². The highest BCUT2D eigenvalue weighted by atomic mass is 32.2. The Hall–Kier alpha value is -4.95. The number of anilines is 1. The second-order valence-corrected chi connectivity index (χ2v) is 15.5. The van der Waals surface area contributed by atoms with Gasteiger partial charge in [0.1, 0.15) is 6.04 Å². The number of sulfone groups is 1. The lowest BCUT2D eigenvalue weighted by molar-refractivity contribution is -0.130. The number of nitrogens with two attached hydrogens (primary N) is 1. The van der Waals surface area contributed by atoms with Gasteiger partial charge in [-0.25, -0.2) is 8.42 Å². The fraction of sp³-hybridized carbons (Fsp3) is 0.389. The first-order valence-electron chi connectivity index (χ1n) is 16.9. The van der Waals surface area contributed by atoms with Crippen LogP contribution in [0.15, 0.2) is 66.7 Å². The summed E-state index contributed by atoms with van der Waals surface area (Å²) in [6, 6.07) is 19.6. The molecule has 0 spiro atoms. The molecule has 5 N–H and O–H groups in total. The first-order chi connectivity index (χ1) is 24.1. The van der Waals surface area contributed by atoms with Crippen LogP contribution >= 0.6 is 0 Å². The van der Waals surface area contributed by atoms with E-state index < -0.39 is 15.9 Å². The van der Waals surface area contributed by atoms with Gasteiger partial charge in [-0.2, -0.15) is 5.21 Å². The molecule has 13 nitrogen and oxygen atoms in total. The lowest BCUT2D eigenvalue weighted by atomic mass is 9.81. The highest BCUT2D eigenvalue weighted by Gasteiger charge is 2.30. The molecule has 0 unspecified atom stereocenters. The van der Waals surface area contributed by atoms with Crippen LogP contribution in [-0.2, 0) is 25.8 Å². The summed E-state index contributed by atoms with van der Waals surface area (Å²) in [7, 11) is -3.08. The zero-order valence-corrected chi connectivity index (χ0v) is 28.8. The topological polar surface area (TPSA) is 193 Å². The van der Waals surface area contributed by atoms with Crippen molar-refractivity contribution < 1.29 is 22.8 Å². The number of aromatic amines is 1. The number of nitrogens with zero attached hydrogens (tertiary/aromatic N) is 4. The molecule has 2 aliphatic rings. The SMILES string of the molecule is Cc1cc(C(=O)N2CCS(=O)(=O)CC2)ccc1-c1ccc(C[C@H](NC(=O)[C@H]2CC[C@H](CN)CC2)C(=O)Nc2ccc(-c3nn[nH]n3)cc2)cc1. The fourth-order valence-corrected chi connectivity index (χ4v) is 7.85. The Morgan fingerprint density at radius 1 is 0.940 bits per heavy atom. The van der Waals surface area contributed by atoms with Crippen molar-refractivity contribution in [3.63, 3.8) is 0 Å². The van der Waals surface area contributed by atoms with E-state index in [-0.39, 0.29) is 54.7 Å². The molecule has 4 aromatic rings. The number of carbonyl (C=O) groups is 3. The number of rotatable bonds is 10. The molecular weight excluding hydrogens is 657 g/mol. The number of aryl methyl sites for hydroxylation is 1. The summed E-state index contributed by atoms with van der Waals surface area (Å²) in [5.41, 5.74) is 11.4. The van der Waals surface area contributed by atoms with Crippen LogP contribution in [0.5, 0.6) is 0 Å². The minimum absolute atomic E-state index is 0.0140. The van der Waals surface area contributed by atoms with E-state index in [2.05, 4.69) is 31.3 Å². The van der Waals surface area contributed by atoms with Crippen molar-refractivity contribution in [2.24, 2.45) is 17.6 Å². The zero-order valence-electron chi connectivity index (χ0n) is 28.0. The summed E-state index contributed by atoms with van der Waals surface area (Å²) in [5, 5.41) is 20.0. The van der Waals surface area contributed by atoms with Crippen LogP contribution in [0.2, 0.25) is 0 Å². The van der Waals surface area contributed by atoms with E-state index in [1.165, 1.54) is 0 Å². The van der Waals surface area contributed by atoms with Gasteiger partial charge in [0.25, 0.3) is 5.91 Å². The maximum atomic E-state index is 13.7. The first kappa shape index (κ1) is 34.9. The molecule has 1 aliphatic carbocycles. The van der Waals surface area contributed by atoms with Crippen molar-refractivity contribution in [2.45, 2.75) is 45.1 Å². The Kier molecular flexibility index (Phi) is 10.7. The van der Waals surface area contributed by atoms with E-state index in [4.69, 9.17) is 5.73 Å². The molecule has 3 aromatic carbocycles. The number of aromatic nitrogens is 4. The molecule has 2 fully saturated rings. The summed E-state index contributed by atoms with van der Waals surface area (Å²) < 4.78 is 23.6. The second-order valence-electron chi connectivity index (χ2n) is 13.2. The fourth-order valence-electron chi connectivity index (χ4n) is 6.65. The third-order valence-corrected chi connectivity index (χ3v) is 11.4. The Labute approximate surface area is 291 Å². The van der Waals surface area contributed by atoms with Crippen molar-refractivity contribution in [2.75, 3.05) is 36.5 Å². The number of tetrazole rings is 1. The number of nitrogens with one attached hydrogen (secondary N) is 3. The summed E-state index contributed by atoms with van der Waals surface area (Å²) >= 11 is 0. The summed E-state index contributed by atoms with van der Waals surface area (Å²) in [4.78, 5) is 41.7. The summed E-state index contributed by atoms with van der Waals surface area (Å²) in [6.45, 7) is 2.96. The lowest BCUT2D eigenvalue weighted by Gasteiger charge is -2.28. The molecule has 1 atom stereocenters. The molecule has 262 valence electrons. The first-order valence-corrected chi connectivity index (χ1v) is 18.8. The van der Waals surface area contributed by atoms with Gasteiger partial charge in [-0.15, -0.1) is 10.2 Å². The molecule has 6 rings (SSSR count). The average Bonchev–Trinajstić information content (AvgIpc) is 3.67. The molecular formula is C36H42N8O5S. The number of H-pyrrole nitrogens is 1. The maximum Gasteiger partial charge on any atom is 0.253 e. The summed E-state index contributed by atoms with van der Waals surface area (Å²) in [5.74, 6) is 0.0614. The normalized spacial score (nSPS) is 19.4. The van der Waals surface area contributed by atoms with Crippen LogP contribution in [-0.4, -0.2) is 88.8 Å². The minimum Gasteiger partial charge on any atom is -0.344 e. The average molecular weight is 699 g/mol. The van der Waals surface area contributed by atoms with E-state index in [0.717, 1.165) is 53.5 Å². The van der Waals surface area contributed by atoms with Crippen molar-refractivity contribution in [3.8, 4) is 22.5 Å². The molecule has 14 heteroatoms. The molecule has 2 heterocycles. The van der Waals surface area contributed by atoms with E-state index in [9.17, 15) is 22.8 Å². The van der Waals surface area contributed by atoms with Gasteiger partial charge in [-0.1, -0.05) is 30.3 Å². The van der Waals surface area contributed by atoms with Crippen molar-refractivity contribution in [1.29, 1.82) is 0 Å². The van der Waals surface area contributed by atoms with Crippen molar-refractivity contribution >= 4 is 33.2 Å². The smallest absolute Gasteiger partial charge is 0.253 e. The Balaban J connectivity index is 1.15. The standard InChI is InChI=1S/C36H42N8O5S/c1-23-20-29(36(47)44-16-18-50(48,49)19-17-44)12-15-31(23)26-6-2-24(3-7-26)21-32(39-34(45)28-8-4-25(22-37)5-9-28)35(46)38-30-13-10-27(11-14-30)33-40-42-43-41-33/h2-3,6-7,10-15,20,25,28,32H,4-5,8-9,16-19,21-22,37H2,1H3,(H,38,46)(H,39,45)(H,40,41,42,43)/t25-,28-,32-/m0/s1. The number of hydrogen-bond donors (Lipinski definition) is 4. The molecule has 0 bridgehead atoms. The maximum absolute atomic E-state index is 13.7.